The molecule has 0 amide bonds. The van der Waals surface area contributed by atoms with E-state index in [-0.39, 0.29) is 5.60 Å². The zero-order chi connectivity index (χ0) is 13.2. The van der Waals surface area contributed by atoms with E-state index in [1.54, 1.807) is 0 Å². The van der Waals surface area contributed by atoms with Crippen molar-refractivity contribution in [2.45, 2.75) is 70.1 Å². The largest absolute Gasteiger partial charge is 0.377 e. The maximum Gasteiger partial charge on any atom is 0.0777 e. The molecule has 18 heavy (non-hydrogen) atoms. The van der Waals surface area contributed by atoms with Crippen molar-refractivity contribution in [1.82, 2.24) is 4.90 Å². The number of piperidine rings is 1. The molecule has 0 radical (unpaired) electrons. The monoisotopic (exact) mass is 254 g/mol. The van der Waals surface area contributed by atoms with Crippen LogP contribution in [0.15, 0.2) is 0 Å². The molecule has 0 aromatic heterocycles. The lowest BCUT2D eigenvalue weighted by Gasteiger charge is -2.47. The summed E-state index contributed by atoms with van der Waals surface area (Å²) in [6.45, 7) is 6.81. The number of hydrogen-bond acceptors (Lipinski definition) is 3. The first-order chi connectivity index (χ1) is 8.58. The van der Waals surface area contributed by atoms with E-state index in [1.165, 1.54) is 45.1 Å². The second kappa shape index (κ2) is 5.89. The summed E-state index contributed by atoms with van der Waals surface area (Å²) >= 11 is 0. The number of ether oxygens (including phenoxy) is 1. The van der Waals surface area contributed by atoms with E-state index < -0.39 is 0 Å². The minimum atomic E-state index is 0.0388. The quantitative estimate of drug-likeness (QED) is 0.840. The SMILES string of the molecule is CCC1CCC(N)C(N2CCCC(C)(OC)C2)C1. The number of nitrogens with zero attached hydrogens (tertiary/aromatic N) is 1. The minimum Gasteiger partial charge on any atom is -0.377 e. The molecule has 0 aromatic rings. The molecule has 0 aromatic carbocycles. The van der Waals surface area contributed by atoms with Crippen molar-refractivity contribution in [2.75, 3.05) is 20.2 Å². The summed E-state index contributed by atoms with van der Waals surface area (Å²) < 4.78 is 5.71. The van der Waals surface area contributed by atoms with Gasteiger partial charge in [-0.1, -0.05) is 13.3 Å². The van der Waals surface area contributed by atoms with Crippen LogP contribution in [0.5, 0.6) is 0 Å². The summed E-state index contributed by atoms with van der Waals surface area (Å²) in [6.07, 6.45) is 7.53. The van der Waals surface area contributed by atoms with Crippen LogP contribution in [-0.2, 0) is 4.74 Å². The summed E-state index contributed by atoms with van der Waals surface area (Å²) in [6, 6.07) is 0.950. The summed E-state index contributed by atoms with van der Waals surface area (Å²) in [5.41, 5.74) is 6.41. The zero-order valence-corrected chi connectivity index (χ0v) is 12.3. The van der Waals surface area contributed by atoms with Gasteiger partial charge in [-0.2, -0.15) is 0 Å². The van der Waals surface area contributed by atoms with E-state index in [2.05, 4.69) is 18.7 Å². The fraction of sp³-hybridized carbons (Fsp3) is 1.00. The topological polar surface area (TPSA) is 38.5 Å². The average Bonchev–Trinajstić information content (AvgIpc) is 2.39. The lowest BCUT2D eigenvalue weighted by Crippen LogP contribution is -2.57. The second-order valence-electron chi connectivity index (χ2n) is 6.55. The second-order valence-corrected chi connectivity index (χ2v) is 6.55. The van der Waals surface area contributed by atoms with E-state index in [9.17, 15) is 0 Å². The van der Waals surface area contributed by atoms with Gasteiger partial charge in [-0.3, -0.25) is 4.90 Å². The van der Waals surface area contributed by atoms with Crippen LogP contribution in [0.25, 0.3) is 0 Å². The molecule has 1 saturated heterocycles. The number of nitrogens with two attached hydrogens (primary N) is 1. The Hall–Kier alpha value is -0.120. The van der Waals surface area contributed by atoms with Crippen molar-refractivity contribution in [2.24, 2.45) is 11.7 Å². The fourth-order valence-corrected chi connectivity index (χ4v) is 3.74. The molecule has 1 aliphatic carbocycles. The molecule has 0 bridgehead atoms. The summed E-state index contributed by atoms with van der Waals surface area (Å²) in [5.74, 6) is 0.880. The predicted molar refractivity (Wildman–Crippen MR) is 75.6 cm³/mol. The molecular formula is C15H30N2O. The zero-order valence-electron chi connectivity index (χ0n) is 12.3. The van der Waals surface area contributed by atoms with Gasteiger partial charge < -0.3 is 10.5 Å². The molecule has 1 saturated carbocycles. The van der Waals surface area contributed by atoms with Gasteiger partial charge in [0.05, 0.1) is 5.60 Å². The highest BCUT2D eigenvalue weighted by Crippen LogP contribution is 2.33. The van der Waals surface area contributed by atoms with E-state index in [4.69, 9.17) is 10.5 Å². The predicted octanol–water partition coefficient (Wildman–Crippen LogP) is 2.39. The Labute approximate surface area is 112 Å². The fourth-order valence-electron chi connectivity index (χ4n) is 3.74. The molecule has 3 nitrogen and oxygen atoms in total. The van der Waals surface area contributed by atoms with E-state index >= 15 is 0 Å². The summed E-state index contributed by atoms with van der Waals surface area (Å²) in [7, 11) is 1.85. The van der Waals surface area contributed by atoms with Crippen molar-refractivity contribution < 1.29 is 4.74 Å². The number of methoxy groups -OCH3 is 1. The van der Waals surface area contributed by atoms with Gasteiger partial charge >= 0.3 is 0 Å². The van der Waals surface area contributed by atoms with Crippen molar-refractivity contribution >= 4 is 0 Å². The first-order valence-electron chi connectivity index (χ1n) is 7.63. The van der Waals surface area contributed by atoms with Gasteiger partial charge in [-0.15, -0.1) is 0 Å². The van der Waals surface area contributed by atoms with Crippen molar-refractivity contribution in [3.05, 3.63) is 0 Å². The van der Waals surface area contributed by atoms with E-state index in [1.807, 2.05) is 7.11 Å². The highest BCUT2D eigenvalue weighted by molar-refractivity contribution is 4.94. The highest BCUT2D eigenvalue weighted by atomic mass is 16.5. The Bertz CT molecular complexity index is 271. The van der Waals surface area contributed by atoms with Gasteiger partial charge in [0.1, 0.15) is 0 Å². The van der Waals surface area contributed by atoms with Crippen LogP contribution in [0.3, 0.4) is 0 Å². The Kier molecular flexibility index (Phi) is 4.68. The molecule has 0 spiro atoms. The highest BCUT2D eigenvalue weighted by Gasteiger charge is 2.38. The Morgan fingerprint density at radius 2 is 2.17 bits per heavy atom. The van der Waals surface area contributed by atoms with Crippen LogP contribution < -0.4 is 5.73 Å². The van der Waals surface area contributed by atoms with Crippen LogP contribution in [0, 0.1) is 5.92 Å². The third kappa shape index (κ3) is 3.06. The van der Waals surface area contributed by atoms with Crippen molar-refractivity contribution in [3.63, 3.8) is 0 Å². The van der Waals surface area contributed by atoms with Crippen molar-refractivity contribution in [3.8, 4) is 0 Å². The van der Waals surface area contributed by atoms with E-state index in [0.29, 0.717) is 12.1 Å². The number of hydrogen-bond donors (Lipinski definition) is 1. The number of rotatable bonds is 3. The van der Waals surface area contributed by atoms with Gasteiger partial charge in [0.2, 0.25) is 0 Å². The lowest BCUT2D eigenvalue weighted by atomic mass is 9.79. The molecule has 4 unspecified atom stereocenters. The first-order valence-corrected chi connectivity index (χ1v) is 7.63. The van der Waals surface area contributed by atoms with Crippen LogP contribution in [-0.4, -0.2) is 42.8 Å². The van der Waals surface area contributed by atoms with Crippen LogP contribution in [0.4, 0.5) is 0 Å². The Morgan fingerprint density at radius 3 is 2.83 bits per heavy atom. The average molecular weight is 254 g/mol. The van der Waals surface area contributed by atoms with Gasteiger partial charge in [0, 0.05) is 25.7 Å². The minimum absolute atomic E-state index is 0.0388. The van der Waals surface area contributed by atoms with Gasteiger partial charge in [0.25, 0.3) is 0 Å². The maximum atomic E-state index is 6.37. The summed E-state index contributed by atoms with van der Waals surface area (Å²) in [5, 5.41) is 0. The van der Waals surface area contributed by atoms with Gasteiger partial charge in [0.15, 0.2) is 0 Å². The maximum absolute atomic E-state index is 6.37. The molecule has 1 aliphatic heterocycles. The molecule has 1 heterocycles. The van der Waals surface area contributed by atoms with Crippen LogP contribution in [0.2, 0.25) is 0 Å². The molecule has 2 fully saturated rings. The smallest absolute Gasteiger partial charge is 0.0777 e. The Morgan fingerprint density at radius 1 is 1.39 bits per heavy atom. The lowest BCUT2D eigenvalue weighted by molar-refractivity contribution is -0.0692. The van der Waals surface area contributed by atoms with Crippen LogP contribution in [0.1, 0.15) is 52.4 Å². The molecule has 106 valence electrons. The molecule has 2 rings (SSSR count). The number of likely N-dealkylation sites (tertiary alicyclic amines) is 1. The standard InChI is InChI=1S/C15H30N2O/c1-4-12-6-7-13(16)14(10-12)17-9-5-8-15(2,11-17)18-3/h12-14H,4-11,16H2,1-3H3. The van der Waals surface area contributed by atoms with E-state index in [0.717, 1.165) is 12.5 Å². The molecule has 4 atom stereocenters. The third-order valence-electron chi connectivity index (χ3n) is 5.20. The Balaban J connectivity index is 2.00. The molecule has 2 N–H and O–H groups in total. The third-order valence-corrected chi connectivity index (χ3v) is 5.20. The van der Waals surface area contributed by atoms with Crippen molar-refractivity contribution in [1.29, 1.82) is 0 Å². The van der Waals surface area contributed by atoms with Gasteiger partial charge in [-0.25, -0.2) is 0 Å². The summed E-state index contributed by atoms with van der Waals surface area (Å²) in [4.78, 5) is 2.61. The molecule has 3 heteroatoms. The molecular weight excluding hydrogens is 224 g/mol. The van der Waals surface area contributed by atoms with Crippen LogP contribution >= 0.6 is 0 Å². The van der Waals surface area contributed by atoms with Gasteiger partial charge in [-0.05, 0) is 51.5 Å². The first kappa shape index (κ1) is 14.3. The normalized spacial score (nSPS) is 43.0. The molecule has 2 aliphatic rings.